The number of amides is 1. The van der Waals surface area contributed by atoms with E-state index < -0.39 is 0 Å². The van der Waals surface area contributed by atoms with Crippen molar-refractivity contribution in [1.29, 1.82) is 0 Å². The van der Waals surface area contributed by atoms with Gasteiger partial charge in [0, 0.05) is 5.69 Å². The molecule has 6 nitrogen and oxygen atoms in total. The van der Waals surface area contributed by atoms with Crippen molar-refractivity contribution in [2.24, 2.45) is 0 Å². The van der Waals surface area contributed by atoms with E-state index in [0.717, 1.165) is 22.2 Å². The van der Waals surface area contributed by atoms with E-state index in [4.69, 9.17) is 4.42 Å². The molecule has 2 aromatic heterocycles. The van der Waals surface area contributed by atoms with Gasteiger partial charge in [-0.3, -0.25) is 4.79 Å². The first kappa shape index (κ1) is 19.4. The molecule has 0 spiro atoms. The van der Waals surface area contributed by atoms with Crippen LogP contribution < -0.4 is 10.6 Å². The summed E-state index contributed by atoms with van der Waals surface area (Å²) >= 11 is 2.79. The van der Waals surface area contributed by atoms with E-state index in [1.54, 1.807) is 6.26 Å². The number of nitrogens with zero attached hydrogens (tertiary/aromatic N) is 2. The fourth-order valence-corrected chi connectivity index (χ4v) is 3.92. The minimum Gasteiger partial charge on any atom is -0.467 e. The average Bonchev–Trinajstić information content (AvgIpc) is 3.36. The van der Waals surface area contributed by atoms with E-state index in [-0.39, 0.29) is 5.91 Å². The Hall–Kier alpha value is -2.32. The lowest BCUT2D eigenvalue weighted by Gasteiger charge is -2.10. The van der Waals surface area contributed by atoms with E-state index >= 15 is 0 Å². The number of nitrogens with one attached hydrogen (secondary N) is 2. The smallest absolute Gasteiger partial charge is 0.234 e. The minimum atomic E-state index is -0.0587. The van der Waals surface area contributed by atoms with Gasteiger partial charge in [0.15, 0.2) is 4.34 Å². The van der Waals surface area contributed by atoms with E-state index in [2.05, 4.69) is 46.8 Å². The number of anilines is 2. The van der Waals surface area contributed by atoms with Gasteiger partial charge in [0.2, 0.25) is 11.0 Å². The molecule has 2 heterocycles. The third kappa shape index (κ3) is 5.83. The van der Waals surface area contributed by atoms with Crippen LogP contribution in [0.3, 0.4) is 0 Å². The standard InChI is InChI=1S/C19H22N4O2S2/c1-3-13(2)14-6-8-15(9-7-14)21-17(24)12-26-19-23-22-18(27-19)20-11-16-5-4-10-25-16/h4-10,13H,3,11-12H2,1-2H3,(H,20,22)(H,21,24)/t13-/m0/s1. The van der Waals surface area contributed by atoms with Crippen LogP contribution in [0, 0.1) is 0 Å². The third-order valence-electron chi connectivity index (χ3n) is 4.10. The molecule has 27 heavy (non-hydrogen) atoms. The number of hydrogen-bond donors (Lipinski definition) is 2. The highest BCUT2D eigenvalue weighted by Crippen LogP contribution is 2.26. The second kappa shape index (κ2) is 9.57. The Kier molecular flexibility index (Phi) is 6.89. The second-order valence-corrected chi connectivity index (χ2v) is 8.27. The predicted octanol–water partition coefficient (Wildman–Crippen LogP) is 4.99. The highest BCUT2D eigenvalue weighted by Gasteiger charge is 2.09. The van der Waals surface area contributed by atoms with Gasteiger partial charge in [-0.2, -0.15) is 0 Å². The predicted molar refractivity (Wildman–Crippen MR) is 110 cm³/mol. The largest absolute Gasteiger partial charge is 0.467 e. The summed E-state index contributed by atoms with van der Waals surface area (Å²) in [4.78, 5) is 12.1. The summed E-state index contributed by atoms with van der Waals surface area (Å²) in [7, 11) is 0. The molecule has 0 fully saturated rings. The molecule has 0 radical (unpaired) electrons. The molecule has 0 bridgehead atoms. The molecule has 1 aromatic carbocycles. The summed E-state index contributed by atoms with van der Waals surface area (Å²) in [5.41, 5.74) is 2.10. The van der Waals surface area contributed by atoms with E-state index in [9.17, 15) is 4.79 Å². The SMILES string of the molecule is CC[C@H](C)c1ccc(NC(=O)CSc2nnc(NCc3ccco3)s2)cc1. The summed E-state index contributed by atoms with van der Waals surface area (Å²) < 4.78 is 6.01. The Morgan fingerprint density at radius 2 is 2.07 bits per heavy atom. The van der Waals surface area contributed by atoms with Gasteiger partial charge in [0.1, 0.15) is 5.76 Å². The zero-order valence-electron chi connectivity index (χ0n) is 15.3. The highest BCUT2D eigenvalue weighted by molar-refractivity contribution is 8.01. The first-order valence-electron chi connectivity index (χ1n) is 8.76. The van der Waals surface area contributed by atoms with Crippen LogP contribution >= 0.6 is 23.1 Å². The van der Waals surface area contributed by atoms with Gasteiger partial charge in [-0.1, -0.05) is 49.1 Å². The summed E-state index contributed by atoms with van der Waals surface area (Å²) in [6.45, 7) is 4.92. The van der Waals surface area contributed by atoms with Crippen molar-refractivity contribution in [3.63, 3.8) is 0 Å². The lowest BCUT2D eigenvalue weighted by atomic mass is 9.99. The number of thioether (sulfide) groups is 1. The zero-order valence-corrected chi connectivity index (χ0v) is 16.9. The molecular formula is C19H22N4O2S2. The molecule has 0 aliphatic rings. The molecule has 0 aliphatic heterocycles. The van der Waals surface area contributed by atoms with Gasteiger partial charge in [0.25, 0.3) is 0 Å². The molecule has 3 aromatic rings. The quantitative estimate of drug-likeness (QED) is 0.491. The van der Waals surface area contributed by atoms with E-state index in [0.29, 0.717) is 23.3 Å². The van der Waals surface area contributed by atoms with Crippen molar-refractivity contribution in [1.82, 2.24) is 10.2 Å². The van der Waals surface area contributed by atoms with Crippen LogP contribution in [0.15, 0.2) is 51.4 Å². The van der Waals surface area contributed by atoms with Crippen molar-refractivity contribution in [3.05, 3.63) is 54.0 Å². The molecule has 1 amide bonds. The molecule has 8 heteroatoms. The van der Waals surface area contributed by atoms with Gasteiger partial charge in [-0.05, 0) is 42.2 Å². The summed E-state index contributed by atoms with van der Waals surface area (Å²) in [5, 5.41) is 14.9. The maximum atomic E-state index is 12.1. The number of benzene rings is 1. The Bertz CT molecular complexity index is 847. The van der Waals surface area contributed by atoms with Crippen molar-refractivity contribution < 1.29 is 9.21 Å². The maximum Gasteiger partial charge on any atom is 0.234 e. The Labute approximate surface area is 166 Å². The topological polar surface area (TPSA) is 80.0 Å². The highest BCUT2D eigenvalue weighted by atomic mass is 32.2. The average molecular weight is 403 g/mol. The number of hydrogen-bond acceptors (Lipinski definition) is 7. The second-order valence-electron chi connectivity index (χ2n) is 6.07. The fourth-order valence-electron chi connectivity index (χ4n) is 2.37. The monoisotopic (exact) mass is 402 g/mol. The van der Waals surface area contributed by atoms with E-state index in [1.807, 2.05) is 24.3 Å². The number of aromatic nitrogens is 2. The van der Waals surface area contributed by atoms with E-state index in [1.165, 1.54) is 28.7 Å². The molecule has 142 valence electrons. The van der Waals surface area contributed by atoms with Crippen LogP contribution in [-0.4, -0.2) is 21.9 Å². The molecule has 0 unspecified atom stereocenters. The summed E-state index contributed by atoms with van der Waals surface area (Å²) in [6.07, 6.45) is 2.73. The van der Waals surface area contributed by atoms with Crippen molar-refractivity contribution in [2.75, 3.05) is 16.4 Å². The van der Waals surface area contributed by atoms with Crippen molar-refractivity contribution >= 4 is 39.8 Å². The molecule has 0 aliphatic carbocycles. The van der Waals surface area contributed by atoms with Gasteiger partial charge < -0.3 is 15.1 Å². The minimum absolute atomic E-state index is 0.0587. The molecule has 0 saturated carbocycles. The number of carbonyl (C=O) groups excluding carboxylic acids is 1. The summed E-state index contributed by atoms with van der Waals surface area (Å²) in [6, 6.07) is 11.8. The molecule has 0 saturated heterocycles. The van der Waals surface area contributed by atoms with Crippen LogP contribution in [0.4, 0.5) is 10.8 Å². The Morgan fingerprint density at radius 3 is 2.78 bits per heavy atom. The van der Waals surface area contributed by atoms with Crippen LogP contribution in [0.2, 0.25) is 0 Å². The lowest BCUT2D eigenvalue weighted by molar-refractivity contribution is -0.113. The van der Waals surface area contributed by atoms with Crippen LogP contribution in [0.25, 0.3) is 0 Å². The number of rotatable bonds is 9. The Balaban J connectivity index is 1.43. The molecular weight excluding hydrogens is 380 g/mol. The summed E-state index contributed by atoms with van der Waals surface area (Å²) in [5.74, 6) is 1.59. The van der Waals surface area contributed by atoms with Crippen LogP contribution in [-0.2, 0) is 11.3 Å². The third-order valence-corrected chi connectivity index (χ3v) is 6.12. The number of furan rings is 1. The van der Waals surface area contributed by atoms with Crippen molar-refractivity contribution in [2.45, 2.75) is 37.1 Å². The molecule has 1 atom stereocenters. The van der Waals surface area contributed by atoms with Gasteiger partial charge in [-0.25, -0.2) is 0 Å². The van der Waals surface area contributed by atoms with Gasteiger partial charge >= 0.3 is 0 Å². The first-order valence-corrected chi connectivity index (χ1v) is 10.6. The van der Waals surface area contributed by atoms with Gasteiger partial charge in [0.05, 0.1) is 18.6 Å². The van der Waals surface area contributed by atoms with Crippen molar-refractivity contribution in [3.8, 4) is 0 Å². The van der Waals surface area contributed by atoms with Crippen LogP contribution in [0.1, 0.15) is 37.5 Å². The maximum absolute atomic E-state index is 12.1. The van der Waals surface area contributed by atoms with Crippen LogP contribution in [0.5, 0.6) is 0 Å². The molecule has 3 rings (SSSR count). The van der Waals surface area contributed by atoms with Gasteiger partial charge in [-0.15, -0.1) is 10.2 Å². The Morgan fingerprint density at radius 1 is 1.26 bits per heavy atom. The normalized spacial score (nSPS) is 11.9. The fraction of sp³-hybridized carbons (Fsp3) is 0.316. The first-order chi connectivity index (χ1) is 13.1. The number of carbonyl (C=O) groups is 1. The molecule has 2 N–H and O–H groups in total. The lowest BCUT2D eigenvalue weighted by Crippen LogP contribution is -2.13. The zero-order chi connectivity index (χ0) is 19.1.